The molecule has 1 fully saturated rings. The first-order valence-corrected chi connectivity index (χ1v) is 14.0. The highest BCUT2D eigenvalue weighted by Crippen LogP contribution is 2.58. The van der Waals surface area contributed by atoms with Gasteiger partial charge in [0.05, 0.1) is 12.0 Å². The highest BCUT2D eigenvalue weighted by atomic mass is 16.7. The Morgan fingerprint density at radius 2 is 1.64 bits per heavy atom. The molecule has 1 saturated heterocycles. The van der Waals surface area contributed by atoms with E-state index in [9.17, 15) is 14.4 Å². The van der Waals surface area contributed by atoms with E-state index >= 15 is 0 Å². The maximum atomic E-state index is 15.0. The van der Waals surface area contributed by atoms with Gasteiger partial charge < -0.3 is 19.7 Å². The third-order valence-corrected chi connectivity index (χ3v) is 9.06. The fourth-order valence-corrected chi connectivity index (χ4v) is 7.28. The Labute approximate surface area is 242 Å². The van der Waals surface area contributed by atoms with Gasteiger partial charge >= 0.3 is 0 Å². The largest absolute Gasteiger partial charge is 0.454 e. The molecule has 42 heavy (non-hydrogen) atoms. The standard InChI is InChI=1S/C35H26N2O5/c1-20-11-12-21-14-16-29-35(24-9-5-6-10-25(24)36-34(35)40)30(32(38)23-13-15-27-28(18-23)42-19-41-27)31(37(29)26(21)17-20)33(39)22-7-3-2-4-8-22/h2-18,29-31H,19H2,1H3,(H,36,40). The molecule has 0 aromatic heterocycles. The minimum Gasteiger partial charge on any atom is -0.454 e. The van der Waals surface area contributed by atoms with Crippen LogP contribution in [0, 0.1) is 12.8 Å². The van der Waals surface area contributed by atoms with E-state index in [1.807, 2.05) is 84.6 Å². The second kappa shape index (κ2) is 8.91. The zero-order valence-corrected chi connectivity index (χ0v) is 22.7. The average Bonchev–Trinajstić information content (AvgIpc) is 3.70. The number of anilines is 2. The molecule has 4 unspecified atom stereocenters. The molecular formula is C35H26N2O5. The predicted octanol–water partition coefficient (Wildman–Crippen LogP) is 5.58. The summed E-state index contributed by atoms with van der Waals surface area (Å²) in [5.41, 5.74) is 3.63. The van der Waals surface area contributed by atoms with E-state index < -0.39 is 23.4 Å². The number of amides is 1. The van der Waals surface area contributed by atoms with Crippen LogP contribution in [0.3, 0.4) is 0 Å². The topological polar surface area (TPSA) is 84.9 Å². The number of fused-ring (bicyclic) bond motifs is 7. The lowest BCUT2D eigenvalue weighted by Crippen LogP contribution is -2.51. The third-order valence-electron chi connectivity index (χ3n) is 9.06. The van der Waals surface area contributed by atoms with Crippen LogP contribution in [0.25, 0.3) is 6.08 Å². The lowest BCUT2D eigenvalue weighted by molar-refractivity contribution is -0.121. The number of ether oxygens (including phenoxy) is 2. The van der Waals surface area contributed by atoms with Gasteiger partial charge in [0, 0.05) is 22.5 Å². The highest BCUT2D eigenvalue weighted by molar-refractivity contribution is 6.18. The van der Waals surface area contributed by atoms with Gasteiger partial charge in [0.1, 0.15) is 11.5 Å². The second-order valence-electron chi connectivity index (χ2n) is 11.2. The maximum absolute atomic E-state index is 15.0. The van der Waals surface area contributed by atoms with Crippen molar-refractivity contribution in [3.63, 3.8) is 0 Å². The molecule has 7 heteroatoms. The van der Waals surface area contributed by atoms with Crippen LogP contribution >= 0.6 is 0 Å². The quantitative estimate of drug-likeness (QED) is 0.332. The SMILES string of the molecule is Cc1ccc2c(c1)N1C(C(=O)c3ccccc3)C(C(=O)c3ccc4c(c3)OCO4)C3(C(=O)Nc4ccccc43)C1C=C2. The van der Waals surface area contributed by atoms with Crippen molar-refractivity contribution in [2.75, 3.05) is 17.0 Å². The van der Waals surface area contributed by atoms with Crippen molar-refractivity contribution in [3.05, 3.63) is 125 Å². The Morgan fingerprint density at radius 1 is 0.857 bits per heavy atom. The number of rotatable bonds is 4. The van der Waals surface area contributed by atoms with Crippen LogP contribution < -0.4 is 19.7 Å². The van der Waals surface area contributed by atoms with E-state index in [2.05, 4.69) is 5.32 Å². The molecule has 206 valence electrons. The summed E-state index contributed by atoms with van der Waals surface area (Å²) in [6, 6.07) is 26.1. The lowest BCUT2D eigenvalue weighted by Gasteiger charge is -2.37. The molecule has 1 amide bonds. The van der Waals surface area contributed by atoms with Crippen LogP contribution in [-0.4, -0.2) is 36.4 Å². The number of Topliss-reactive ketones (excluding diaryl/α,β-unsaturated/α-hetero) is 2. The van der Waals surface area contributed by atoms with Gasteiger partial charge in [0.15, 0.2) is 23.1 Å². The molecule has 4 aromatic carbocycles. The van der Waals surface area contributed by atoms with E-state index in [0.29, 0.717) is 33.9 Å². The van der Waals surface area contributed by atoms with Crippen molar-refractivity contribution in [2.45, 2.75) is 24.4 Å². The van der Waals surface area contributed by atoms with Crippen molar-refractivity contribution >= 4 is 34.9 Å². The molecule has 0 saturated carbocycles. The third kappa shape index (κ3) is 3.25. The van der Waals surface area contributed by atoms with Crippen LogP contribution in [0.5, 0.6) is 11.5 Å². The molecule has 0 aliphatic carbocycles. The van der Waals surface area contributed by atoms with Crippen molar-refractivity contribution in [2.24, 2.45) is 5.92 Å². The fourth-order valence-electron chi connectivity index (χ4n) is 7.28. The summed E-state index contributed by atoms with van der Waals surface area (Å²) in [6.07, 6.45) is 3.99. The van der Waals surface area contributed by atoms with E-state index in [0.717, 1.165) is 16.8 Å². The Hall–Kier alpha value is -5.17. The average molecular weight is 555 g/mol. The van der Waals surface area contributed by atoms with Crippen LogP contribution in [0.15, 0.2) is 97.1 Å². The second-order valence-corrected chi connectivity index (χ2v) is 11.2. The van der Waals surface area contributed by atoms with Gasteiger partial charge in [0.2, 0.25) is 12.7 Å². The first kappa shape index (κ1) is 24.6. The Balaban J connectivity index is 1.42. The molecule has 1 N–H and O–H groups in total. The van der Waals surface area contributed by atoms with Crippen LogP contribution in [-0.2, 0) is 10.2 Å². The number of ketones is 2. The minimum atomic E-state index is -1.36. The molecule has 4 aliphatic rings. The van der Waals surface area contributed by atoms with E-state index in [4.69, 9.17) is 9.47 Å². The smallest absolute Gasteiger partial charge is 0.238 e. The number of nitrogens with one attached hydrogen (secondary N) is 1. The van der Waals surface area contributed by atoms with Gasteiger partial charge in [-0.05, 0) is 53.9 Å². The number of para-hydroxylation sites is 1. The summed E-state index contributed by atoms with van der Waals surface area (Å²) in [4.78, 5) is 46.1. The first-order valence-electron chi connectivity index (χ1n) is 14.0. The Bertz CT molecular complexity index is 1850. The fraction of sp³-hybridized carbons (Fsp3) is 0.171. The van der Waals surface area contributed by atoms with Crippen LogP contribution in [0.1, 0.15) is 37.4 Å². The molecule has 4 atom stereocenters. The first-order chi connectivity index (χ1) is 20.5. The van der Waals surface area contributed by atoms with Crippen molar-refractivity contribution in [1.82, 2.24) is 0 Å². The summed E-state index contributed by atoms with van der Waals surface area (Å²) >= 11 is 0. The molecule has 0 radical (unpaired) electrons. The summed E-state index contributed by atoms with van der Waals surface area (Å²) in [7, 11) is 0. The van der Waals surface area contributed by atoms with Crippen molar-refractivity contribution in [1.29, 1.82) is 0 Å². The van der Waals surface area contributed by atoms with Gasteiger partial charge in [-0.25, -0.2) is 0 Å². The van der Waals surface area contributed by atoms with Gasteiger partial charge in [-0.2, -0.15) is 0 Å². The highest BCUT2D eigenvalue weighted by Gasteiger charge is 2.70. The Morgan fingerprint density at radius 3 is 2.50 bits per heavy atom. The van der Waals surface area contributed by atoms with Gasteiger partial charge in [-0.1, -0.05) is 72.8 Å². The monoisotopic (exact) mass is 554 g/mol. The number of aryl methyl sites for hydroxylation is 1. The summed E-state index contributed by atoms with van der Waals surface area (Å²) in [5.74, 6) is -0.827. The number of benzene rings is 4. The molecule has 4 heterocycles. The number of carbonyl (C=O) groups excluding carboxylic acids is 3. The van der Waals surface area contributed by atoms with E-state index in [1.54, 1.807) is 30.3 Å². The van der Waals surface area contributed by atoms with Crippen molar-refractivity contribution < 1.29 is 23.9 Å². The van der Waals surface area contributed by atoms with Gasteiger partial charge in [0.25, 0.3) is 0 Å². The summed E-state index contributed by atoms with van der Waals surface area (Å²) < 4.78 is 11.1. The number of nitrogens with zero attached hydrogens (tertiary/aromatic N) is 1. The Kier molecular flexibility index (Phi) is 5.22. The summed E-state index contributed by atoms with van der Waals surface area (Å²) in [6.45, 7) is 2.07. The molecule has 8 rings (SSSR count). The van der Waals surface area contributed by atoms with Gasteiger partial charge in [-0.15, -0.1) is 0 Å². The van der Waals surface area contributed by atoms with Crippen LogP contribution in [0.4, 0.5) is 11.4 Å². The van der Waals surface area contributed by atoms with E-state index in [-0.39, 0.29) is 24.3 Å². The van der Waals surface area contributed by atoms with Gasteiger partial charge in [-0.3, -0.25) is 14.4 Å². The minimum absolute atomic E-state index is 0.0715. The normalized spacial score (nSPS) is 24.3. The van der Waals surface area contributed by atoms with Crippen molar-refractivity contribution in [3.8, 4) is 11.5 Å². The summed E-state index contributed by atoms with van der Waals surface area (Å²) in [5, 5.41) is 3.07. The molecule has 4 aliphatic heterocycles. The van der Waals surface area contributed by atoms with E-state index in [1.165, 1.54) is 0 Å². The molecule has 4 aromatic rings. The maximum Gasteiger partial charge on any atom is 0.238 e. The predicted molar refractivity (Wildman–Crippen MR) is 158 cm³/mol. The molecular weight excluding hydrogens is 528 g/mol. The van der Waals surface area contributed by atoms with Crippen LogP contribution in [0.2, 0.25) is 0 Å². The number of hydrogen-bond donors (Lipinski definition) is 1. The molecule has 7 nitrogen and oxygen atoms in total. The molecule has 1 spiro atoms. The molecule has 0 bridgehead atoms. The zero-order valence-electron chi connectivity index (χ0n) is 22.7. The number of carbonyl (C=O) groups is 3. The number of hydrogen-bond acceptors (Lipinski definition) is 6. The lowest BCUT2D eigenvalue weighted by atomic mass is 9.64. The zero-order chi connectivity index (χ0) is 28.6.